The average Bonchev–Trinajstić information content (AvgIpc) is 2.73. The minimum atomic E-state index is 0.516. The van der Waals surface area contributed by atoms with Crippen LogP contribution in [0, 0.1) is 46.3 Å². The van der Waals surface area contributed by atoms with Crippen molar-refractivity contribution < 1.29 is 0 Å². The maximum absolute atomic E-state index is 2.71. The van der Waals surface area contributed by atoms with Crippen molar-refractivity contribution in [3.8, 4) is 0 Å². The highest BCUT2D eigenvalue weighted by Gasteiger charge is 2.50. The number of hydrogen-bond acceptors (Lipinski definition) is 0. The summed E-state index contributed by atoms with van der Waals surface area (Å²) in [4.78, 5) is 0. The zero-order valence-electron chi connectivity index (χ0n) is 22.9. The normalized spacial score (nSPS) is 33.8. The molecule has 0 spiro atoms. The lowest BCUT2D eigenvalue weighted by atomic mass is 9.49. The van der Waals surface area contributed by atoms with Gasteiger partial charge < -0.3 is 0 Å². The van der Waals surface area contributed by atoms with Crippen LogP contribution in [0.2, 0.25) is 0 Å². The molecular weight excluding hydrogens is 360 g/mol. The predicted molar refractivity (Wildman–Crippen MR) is 138 cm³/mol. The van der Waals surface area contributed by atoms with Gasteiger partial charge in [0.15, 0.2) is 0 Å². The molecule has 0 amide bonds. The van der Waals surface area contributed by atoms with Gasteiger partial charge in [-0.05, 0) is 91.3 Å². The summed E-state index contributed by atoms with van der Waals surface area (Å²) in [5, 5.41) is 0. The molecule has 7 atom stereocenters. The number of rotatable bonds is 10. The summed E-state index contributed by atoms with van der Waals surface area (Å²) >= 11 is 0. The maximum atomic E-state index is 2.71. The minimum Gasteiger partial charge on any atom is -0.0683 e. The van der Waals surface area contributed by atoms with Crippen LogP contribution in [0.3, 0.4) is 0 Å². The van der Waals surface area contributed by atoms with Crippen molar-refractivity contribution in [2.24, 2.45) is 46.3 Å². The highest BCUT2D eigenvalue weighted by molar-refractivity contribution is 5.00. The number of hydrogen-bond donors (Lipinski definition) is 0. The van der Waals surface area contributed by atoms with Crippen LogP contribution in [0.5, 0.6) is 0 Å². The summed E-state index contributed by atoms with van der Waals surface area (Å²) < 4.78 is 0. The Kier molecular flexibility index (Phi) is 12.0. The first-order valence-electron chi connectivity index (χ1n) is 14.2. The van der Waals surface area contributed by atoms with E-state index in [0.717, 1.165) is 35.5 Å². The third kappa shape index (κ3) is 7.00. The Balaban J connectivity index is 0.00000218. The van der Waals surface area contributed by atoms with Gasteiger partial charge in [0.2, 0.25) is 0 Å². The monoisotopic (exact) mass is 420 g/mol. The van der Waals surface area contributed by atoms with Gasteiger partial charge in [0.1, 0.15) is 0 Å². The van der Waals surface area contributed by atoms with Crippen molar-refractivity contribution in [2.45, 2.75) is 146 Å². The Labute approximate surface area is 192 Å². The molecule has 0 heterocycles. The van der Waals surface area contributed by atoms with E-state index in [4.69, 9.17) is 0 Å². The zero-order valence-corrected chi connectivity index (χ0v) is 22.9. The van der Waals surface area contributed by atoms with Crippen LogP contribution in [0.15, 0.2) is 0 Å². The SMILES string of the molecule is CC.CCCCC(C)(C)C(C)CCC(C)C1CCC2CC(C)CCC2(C)C1CCC. The molecule has 0 bridgehead atoms. The number of fused-ring (bicyclic) bond motifs is 1. The fraction of sp³-hybridized carbons (Fsp3) is 1.00. The van der Waals surface area contributed by atoms with E-state index in [-0.39, 0.29) is 0 Å². The van der Waals surface area contributed by atoms with Crippen LogP contribution < -0.4 is 0 Å². The molecule has 2 saturated carbocycles. The molecule has 0 saturated heterocycles. The van der Waals surface area contributed by atoms with Crippen molar-refractivity contribution in [2.75, 3.05) is 0 Å². The van der Waals surface area contributed by atoms with Crippen LogP contribution in [-0.2, 0) is 0 Å². The summed E-state index contributed by atoms with van der Waals surface area (Å²) in [6.07, 6.45) is 17.4. The Hall–Kier alpha value is 0. The third-order valence-electron chi connectivity index (χ3n) is 9.90. The Morgan fingerprint density at radius 2 is 1.63 bits per heavy atom. The molecular formula is C30H60. The van der Waals surface area contributed by atoms with Gasteiger partial charge in [-0.25, -0.2) is 0 Å². The van der Waals surface area contributed by atoms with Crippen molar-refractivity contribution in [3.63, 3.8) is 0 Å². The summed E-state index contributed by atoms with van der Waals surface area (Å²) in [5.74, 6) is 5.73. The van der Waals surface area contributed by atoms with Crippen LogP contribution in [0.4, 0.5) is 0 Å². The lowest BCUT2D eigenvalue weighted by Gasteiger charge is -2.56. The molecule has 0 heteroatoms. The van der Waals surface area contributed by atoms with Gasteiger partial charge >= 0.3 is 0 Å². The second-order valence-corrected chi connectivity index (χ2v) is 12.3. The average molecular weight is 421 g/mol. The van der Waals surface area contributed by atoms with Crippen LogP contribution >= 0.6 is 0 Å². The molecule has 0 aromatic heterocycles. The lowest BCUT2D eigenvalue weighted by molar-refractivity contribution is -0.0679. The molecule has 0 aliphatic heterocycles. The standard InChI is InChI=1S/C28H54.C2H6/c1-9-11-18-27(6,7)23(5)14-13-22(4)25-16-15-24-20-21(3)17-19-28(24,8)26(25)12-10-2;1-2/h21-26H,9-20H2,1-8H3;1-2H3. The van der Waals surface area contributed by atoms with Crippen LogP contribution in [-0.4, -0.2) is 0 Å². The fourth-order valence-electron chi connectivity index (χ4n) is 7.19. The van der Waals surface area contributed by atoms with Crippen LogP contribution in [0.25, 0.3) is 0 Å². The molecule has 180 valence electrons. The van der Waals surface area contributed by atoms with Gasteiger partial charge in [0, 0.05) is 0 Å². The second-order valence-electron chi connectivity index (χ2n) is 12.3. The first kappa shape index (κ1) is 28.0. The molecule has 2 aliphatic rings. The molecule has 2 rings (SSSR count). The molecule has 2 aliphatic carbocycles. The Morgan fingerprint density at radius 3 is 2.23 bits per heavy atom. The molecule has 0 radical (unpaired) electrons. The molecule has 0 aromatic carbocycles. The number of unbranched alkanes of at least 4 members (excludes halogenated alkanes) is 1. The second kappa shape index (κ2) is 12.9. The highest BCUT2D eigenvalue weighted by atomic mass is 14.5. The smallest absolute Gasteiger partial charge is 0.0266 e. The summed E-state index contributed by atoms with van der Waals surface area (Å²) in [5.41, 5.74) is 1.16. The maximum Gasteiger partial charge on any atom is -0.0266 e. The van der Waals surface area contributed by atoms with Gasteiger partial charge in [0.05, 0.1) is 0 Å². The van der Waals surface area contributed by atoms with E-state index >= 15 is 0 Å². The van der Waals surface area contributed by atoms with Gasteiger partial charge in [-0.2, -0.15) is 0 Å². The quantitative estimate of drug-likeness (QED) is 0.329. The van der Waals surface area contributed by atoms with E-state index in [0.29, 0.717) is 10.8 Å². The largest absolute Gasteiger partial charge is 0.0683 e. The van der Waals surface area contributed by atoms with Crippen molar-refractivity contribution in [1.82, 2.24) is 0 Å². The summed E-state index contributed by atoms with van der Waals surface area (Å²) in [6, 6.07) is 0. The van der Waals surface area contributed by atoms with E-state index < -0.39 is 0 Å². The van der Waals surface area contributed by atoms with Gasteiger partial charge in [-0.1, -0.05) is 101 Å². The van der Waals surface area contributed by atoms with Crippen molar-refractivity contribution >= 4 is 0 Å². The van der Waals surface area contributed by atoms with E-state index in [1.807, 2.05) is 13.8 Å². The van der Waals surface area contributed by atoms with Gasteiger partial charge in [-0.3, -0.25) is 0 Å². The first-order valence-corrected chi connectivity index (χ1v) is 14.2. The molecule has 0 nitrogen and oxygen atoms in total. The van der Waals surface area contributed by atoms with Crippen molar-refractivity contribution in [1.29, 1.82) is 0 Å². The molecule has 0 aromatic rings. The first-order chi connectivity index (χ1) is 14.2. The molecule has 7 unspecified atom stereocenters. The predicted octanol–water partition coefficient (Wildman–Crippen LogP) is 10.6. The lowest BCUT2D eigenvalue weighted by Crippen LogP contribution is -2.48. The Bertz CT molecular complexity index is 449. The van der Waals surface area contributed by atoms with E-state index in [2.05, 4.69) is 55.4 Å². The van der Waals surface area contributed by atoms with Gasteiger partial charge in [-0.15, -0.1) is 0 Å². The minimum absolute atomic E-state index is 0.516. The Morgan fingerprint density at radius 1 is 0.967 bits per heavy atom. The summed E-state index contributed by atoms with van der Waals surface area (Å²) in [6.45, 7) is 24.2. The van der Waals surface area contributed by atoms with Gasteiger partial charge in [0.25, 0.3) is 0 Å². The third-order valence-corrected chi connectivity index (χ3v) is 9.90. The molecule has 30 heavy (non-hydrogen) atoms. The van der Waals surface area contributed by atoms with Crippen LogP contribution in [0.1, 0.15) is 146 Å². The topological polar surface area (TPSA) is 0 Å². The van der Waals surface area contributed by atoms with E-state index in [1.165, 1.54) is 77.0 Å². The van der Waals surface area contributed by atoms with Crippen molar-refractivity contribution in [3.05, 3.63) is 0 Å². The zero-order chi connectivity index (χ0) is 22.9. The van der Waals surface area contributed by atoms with E-state index in [1.54, 1.807) is 0 Å². The highest BCUT2D eigenvalue weighted by Crippen LogP contribution is 2.59. The molecule has 0 N–H and O–H groups in total. The summed E-state index contributed by atoms with van der Waals surface area (Å²) in [7, 11) is 0. The van der Waals surface area contributed by atoms with E-state index in [9.17, 15) is 0 Å². The fourth-order valence-corrected chi connectivity index (χ4v) is 7.19. The molecule has 2 fully saturated rings.